The Labute approximate surface area is 142 Å². The number of aryl methyl sites for hydroxylation is 1. The smallest absolute Gasteiger partial charge is 0.316 e. The highest BCUT2D eigenvalue weighted by atomic mass is 32.2. The first kappa shape index (κ1) is 17.4. The van der Waals surface area contributed by atoms with Crippen LogP contribution in [0.4, 0.5) is 5.13 Å². The van der Waals surface area contributed by atoms with Gasteiger partial charge in [-0.2, -0.15) is 0 Å². The molecule has 2 aromatic rings. The summed E-state index contributed by atoms with van der Waals surface area (Å²) in [5.74, 6) is -0.255. The monoisotopic (exact) mass is 351 g/mol. The van der Waals surface area contributed by atoms with Crippen LogP contribution >= 0.6 is 23.1 Å². The van der Waals surface area contributed by atoms with Gasteiger partial charge in [-0.1, -0.05) is 47.4 Å². The average Bonchev–Trinajstić information content (AvgIpc) is 2.95. The molecular weight excluding hydrogens is 334 g/mol. The van der Waals surface area contributed by atoms with Gasteiger partial charge in [-0.25, -0.2) is 0 Å². The molecule has 1 N–H and O–H groups in total. The number of hydrogen-bond acceptors (Lipinski definition) is 7. The van der Waals surface area contributed by atoms with Crippen LogP contribution in [-0.4, -0.2) is 34.4 Å². The fraction of sp³-hybridized carbons (Fsp3) is 0.333. The van der Waals surface area contributed by atoms with Gasteiger partial charge in [0.15, 0.2) is 4.34 Å². The first-order valence-electron chi connectivity index (χ1n) is 7.04. The summed E-state index contributed by atoms with van der Waals surface area (Å²) in [6.07, 6.45) is 0.289. The molecule has 0 aliphatic carbocycles. The van der Waals surface area contributed by atoms with Crippen LogP contribution in [0.5, 0.6) is 0 Å². The molecule has 6 nitrogen and oxygen atoms in total. The van der Waals surface area contributed by atoms with Gasteiger partial charge < -0.3 is 10.1 Å². The Bertz CT molecular complexity index is 688. The minimum Gasteiger partial charge on any atom is -0.465 e. The van der Waals surface area contributed by atoms with E-state index in [-0.39, 0.29) is 24.1 Å². The number of rotatable bonds is 7. The number of anilines is 1. The lowest BCUT2D eigenvalue weighted by atomic mass is 10.1. The third-order valence-electron chi connectivity index (χ3n) is 2.88. The molecule has 0 bridgehead atoms. The van der Waals surface area contributed by atoms with Gasteiger partial charge in [0.1, 0.15) is 0 Å². The van der Waals surface area contributed by atoms with Crippen LogP contribution in [0.25, 0.3) is 0 Å². The van der Waals surface area contributed by atoms with Gasteiger partial charge in [-0.15, -0.1) is 10.2 Å². The molecule has 2 rings (SSSR count). The van der Waals surface area contributed by atoms with E-state index in [4.69, 9.17) is 4.74 Å². The fourth-order valence-corrected chi connectivity index (χ4v) is 3.35. The molecule has 1 heterocycles. The maximum Gasteiger partial charge on any atom is 0.316 e. The van der Waals surface area contributed by atoms with Crippen LogP contribution in [0.15, 0.2) is 28.6 Å². The summed E-state index contributed by atoms with van der Waals surface area (Å²) in [4.78, 5) is 23.3. The fourth-order valence-electron chi connectivity index (χ4n) is 1.79. The number of nitrogens with one attached hydrogen (secondary N) is 1. The zero-order valence-electron chi connectivity index (χ0n) is 12.9. The number of nitrogens with zero attached hydrogens (tertiary/aromatic N) is 2. The van der Waals surface area contributed by atoms with E-state index in [2.05, 4.69) is 15.5 Å². The lowest BCUT2D eigenvalue weighted by Gasteiger charge is -2.04. The molecular formula is C15H17N3O3S2. The SMILES string of the molecule is CCOC(=O)CSc1nnc(NC(=O)Cc2ccccc2C)s1. The highest BCUT2D eigenvalue weighted by Crippen LogP contribution is 2.25. The number of carbonyl (C=O) groups is 2. The van der Waals surface area contributed by atoms with Gasteiger partial charge in [0.05, 0.1) is 18.8 Å². The van der Waals surface area contributed by atoms with Crippen molar-refractivity contribution in [3.8, 4) is 0 Å². The van der Waals surface area contributed by atoms with Crippen molar-refractivity contribution in [1.82, 2.24) is 10.2 Å². The predicted octanol–water partition coefficient (Wildman–Crippen LogP) is 2.68. The molecule has 8 heteroatoms. The Balaban J connectivity index is 1.85. The third kappa shape index (κ3) is 5.65. The van der Waals surface area contributed by atoms with Gasteiger partial charge in [0.25, 0.3) is 0 Å². The summed E-state index contributed by atoms with van der Waals surface area (Å²) in [6, 6.07) is 7.74. The lowest BCUT2D eigenvalue weighted by molar-refractivity contribution is -0.139. The number of aromatic nitrogens is 2. The van der Waals surface area contributed by atoms with E-state index >= 15 is 0 Å². The van der Waals surface area contributed by atoms with E-state index < -0.39 is 0 Å². The molecule has 0 aliphatic heterocycles. The Kier molecular flexibility index (Phi) is 6.54. The number of ether oxygens (including phenoxy) is 1. The van der Waals surface area contributed by atoms with Crippen molar-refractivity contribution < 1.29 is 14.3 Å². The van der Waals surface area contributed by atoms with Gasteiger partial charge >= 0.3 is 5.97 Å². The van der Waals surface area contributed by atoms with Crippen molar-refractivity contribution in [1.29, 1.82) is 0 Å². The normalized spacial score (nSPS) is 10.3. The molecule has 1 aromatic carbocycles. The molecule has 0 atom stereocenters. The summed E-state index contributed by atoms with van der Waals surface area (Å²) in [5.41, 5.74) is 2.05. The minimum atomic E-state index is -0.294. The maximum absolute atomic E-state index is 12.0. The van der Waals surface area contributed by atoms with E-state index in [0.717, 1.165) is 11.1 Å². The minimum absolute atomic E-state index is 0.141. The zero-order chi connectivity index (χ0) is 16.7. The largest absolute Gasteiger partial charge is 0.465 e. The highest BCUT2D eigenvalue weighted by Gasteiger charge is 2.11. The second kappa shape index (κ2) is 8.64. The third-order valence-corrected chi connectivity index (χ3v) is 4.83. The number of benzene rings is 1. The van der Waals surface area contributed by atoms with Crippen LogP contribution in [0.2, 0.25) is 0 Å². The molecule has 0 saturated carbocycles. The van der Waals surface area contributed by atoms with Gasteiger partial charge in [0, 0.05) is 0 Å². The van der Waals surface area contributed by atoms with E-state index in [0.29, 0.717) is 16.1 Å². The molecule has 1 aromatic heterocycles. The van der Waals surface area contributed by atoms with Crippen molar-refractivity contribution in [2.24, 2.45) is 0 Å². The number of amides is 1. The van der Waals surface area contributed by atoms with Crippen molar-refractivity contribution >= 4 is 40.1 Å². The maximum atomic E-state index is 12.0. The quantitative estimate of drug-likeness (QED) is 0.469. The van der Waals surface area contributed by atoms with Crippen molar-refractivity contribution in [2.75, 3.05) is 17.7 Å². The predicted molar refractivity (Wildman–Crippen MR) is 90.8 cm³/mol. The van der Waals surface area contributed by atoms with Crippen LogP contribution in [0.3, 0.4) is 0 Å². The van der Waals surface area contributed by atoms with E-state index in [1.807, 2.05) is 31.2 Å². The number of thioether (sulfide) groups is 1. The number of hydrogen-bond donors (Lipinski definition) is 1. The standard InChI is InChI=1S/C15H17N3O3S2/c1-3-21-13(20)9-22-15-18-17-14(23-15)16-12(19)8-11-7-5-4-6-10(11)2/h4-7H,3,8-9H2,1-2H3,(H,16,17,19). The van der Waals surface area contributed by atoms with E-state index in [1.54, 1.807) is 6.92 Å². The molecule has 0 spiro atoms. The molecule has 23 heavy (non-hydrogen) atoms. The summed E-state index contributed by atoms with van der Waals surface area (Å²) >= 11 is 2.48. The highest BCUT2D eigenvalue weighted by molar-refractivity contribution is 8.01. The average molecular weight is 351 g/mol. The van der Waals surface area contributed by atoms with E-state index in [9.17, 15) is 9.59 Å². The molecule has 0 radical (unpaired) electrons. The molecule has 0 fully saturated rings. The summed E-state index contributed by atoms with van der Waals surface area (Å²) in [7, 11) is 0. The van der Waals surface area contributed by atoms with Crippen LogP contribution < -0.4 is 5.32 Å². The van der Waals surface area contributed by atoms with Gasteiger partial charge in [-0.3, -0.25) is 9.59 Å². The Morgan fingerprint density at radius 3 is 2.83 bits per heavy atom. The Morgan fingerprint density at radius 1 is 1.30 bits per heavy atom. The zero-order valence-corrected chi connectivity index (χ0v) is 14.5. The first-order valence-corrected chi connectivity index (χ1v) is 8.85. The Morgan fingerprint density at radius 2 is 2.09 bits per heavy atom. The summed E-state index contributed by atoms with van der Waals surface area (Å²) < 4.78 is 5.45. The van der Waals surface area contributed by atoms with Crippen LogP contribution in [0, 0.1) is 6.92 Å². The van der Waals surface area contributed by atoms with Gasteiger partial charge in [0.2, 0.25) is 11.0 Å². The van der Waals surface area contributed by atoms with Crippen molar-refractivity contribution in [3.05, 3.63) is 35.4 Å². The first-order chi connectivity index (χ1) is 11.1. The Hall–Kier alpha value is -1.93. The number of esters is 1. The summed E-state index contributed by atoms with van der Waals surface area (Å²) in [5, 5.41) is 11.0. The second-order valence-electron chi connectivity index (χ2n) is 4.62. The van der Waals surface area contributed by atoms with Crippen molar-refractivity contribution in [3.63, 3.8) is 0 Å². The molecule has 0 aliphatic rings. The number of carbonyl (C=O) groups excluding carboxylic acids is 2. The molecule has 0 unspecified atom stereocenters. The van der Waals surface area contributed by atoms with Crippen molar-refractivity contribution in [2.45, 2.75) is 24.6 Å². The molecule has 0 saturated heterocycles. The lowest BCUT2D eigenvalue weighted by Crippen LogP contribution is -2.14. The summed E-state index contributed by atoms with van der Waals surface area (Å²) in [6.45, 7) is 4.09. The van der Waals surface area contributed by atoms with Gasteiger partial charge in [-0.05, 0) is 25.0 Å². The van der Waals surface area contributed by atoms with E-state index in [1.165, 1.54) is 23.1 Å². The molecule has 1 amide bonds. The van der Waals surface area contributed by atoms with Crippen LogP contribution in [0.1, 0.15) is 18.1 Å². The topological polar surface area (TPSA) is 81.2 Å². The second-order valence-corrected chi connectivity index (χ2v) is 6.82. The molecule has 122 valence electrons. The van der Waals surface area contributed by atoms with Crippen LogP contribution in [-0.2, 0) is 20.7 Å².